The number of hydrogen-bond donors (Lipinski definition) is 1. The normalized spacial score (nSPS) is 11.4. The van der Waals surface area contributed by atoms with Gasteiger partial charge in [-0.2, -0.15) is 12.7 Å². The van der Waals surface area contributed by atoms with Gasteiger partial charge in [0.2, 0.25) is 5.91 Å². The molecule has 1 amide bonds. The van der Waals surface area contributed by atoms with Gasteiger partial charge in [-0.05, 0) is 23.8 Å². The fraction of sp³-hybridized carbons (Fsp3) is 0.200. The first kappa shape index (κ1) is 20.6. The lowest BCUT2D eigenvalue weighted by Gasteiger charge is -2.27. The second kappa shape index (κ2) is 8.89. The quantitative estimate of drug-likeness (QED) is 0.610. The van der Waals surface area contributed by atoms with E-state index < -0.39 is 16.1 Å². The van der Waals surface area contributed by atoms with Crippen LogP contribution in [0.4, 0.5) is 5.69 Å². The van der Waals surface area contributed by atoms with Gasteiger partial charge in [0.15, 0.2) is 0 Å². The predicted molar refractivity (Wildman–Crippen MR) is 112 cm³/mol. The number of benzene rings is 2. The third-order valence-electron chi connectivity index (χ3n) is 4.32. The molecule has 8 nitrogen and oxygen atoms in total. The van der Waals surface area contributed by atoms with Crippen LogP contribution in [0.25, 0.3) is 5.69 Å². The highest BCUT2D eigenvalue weighted by Crippen LogP contribution is 2.19. The number of hydrogen-bond acceptors (Lipinski definition) is 4. The molecule has 0 atom stereocenters. The van der Waals surface area contributed by atoms with Gasteiger partial charge in [0.05, 0.1) is 17.7 Å². The molecule has 0 unspecified atom stereocenters. The maximum atomic E-state index is 12.7. The number of rotatable bonds is 8. The van der Waals surface area contributed by atoms with E-state index in [9.17, 15) is 13.2 Å². The summed E-state index contributed by atoms with van der Waals surface area (Å²) in [6.07, 6.45) is 5.18. The van der Waals surface area contributed by atoms with Crippen LogP contribution in [0.3, 0.4) is 0 Å². The molecule has 3 aromatic rings. The number of amides is 1. The molecule has 0 spiro atoms. The zero-order chi connectivity index (χ0) is 20.9. The highest BCUT2D eigenvalue weighted by Gasteiger charge is 2.27. The lowest BCUT2D eigenvalue weighted by atomic mass is 10.1. The first-order valence-corrected chi connectivity index (χ1v) is 10.4. The van der Waals surface area contributed by atoms with Gasteiger partial charge in [-0.3, -0.25) is 4.79 Å². The Bertz CT molecular complexity index is 1050. The van der Waals surface area contributed by atoms with Crippen molar-refractivity contribution >= 4 is 21.8 Å². The molecule has 0 radical (unpaired) electrons. The molecule has 1 aromatic heterocycles. The second-order valence-corrected chi connectivity index (χ2v) is 8.57. The largest absolute Gasteiger partial charge is 0.350 e. The van der Waals surface area contributed by atoms with Gasteiger partial charge in [-0.25, -0.2) is 9.29 Å². The molecule has 2 aromatic carbocycles. The van der Waals surface area contributed by atoms with Crippen LogP contribution in [0, 0.1) is 0 Å². The van der Waals surface area contributed by atoms with Crippen LogP contribution in [0.1, 0.15) is 5.56 Å². The molecule has 1 heterocycles. The Morgan fingerprint density at radius 3 is 2.41 bits per heavy atom. The van der Waals surface area contributed by atoms with E-state index in [0.29, 0.717) is 5.69 Å². The number of anilines is 1. The standard InChI is InChI=1S/C20H23N5O3S/c1-23(2)29(27,28)25(18-9-4-3-5-10-18)15-20(26)22-14-17-8-6-7-11-19(17)24-13-12-21-16-24/h3-13,16H,14-15H2,1-2H3,(H,22,26). The summed E-state index contributed by atoms with van der Waals surface area (Å²) in [5, 5.41) is 2.82. The predicted octanol–water partition coefficient (Wildman–Crippen LogP) is 1.80. The maximum absolute atomic E-state index is 12.7. The van der Waals surface area contributed by atoms with E-state index in [1.165, 1.54) is 14.1 Å². The van der Waals surface area contributed by atoms with Gasteiger partial charge in [0.1, 0.15) is 6.54 Å². The average Bonchev–Trinajstić information content (AvgIpc) is 3.26. The van der Waals surface area contributed by atoms with E-state index >= 15 is 0 Å². The summed E-state index contributed by atoms with van der Waals surface area (Å²) in [6.45, 7) is -0.0599. The van der Waals surface area contributed by atoms with Crippen molar-refractivity contribution in [1.29, 1.82) is 0 Å². The molecule has 1 N–H and O–H groups in total. The van der Waals surface area contributed by atoms with Gasteiger partial charge < -0.3 is 9.88 Å². The summed E-state index contributed by atoms with van der Waals surface area (Å²) in [5.74, 6) is -0.403. The zero-order valence-corrected chi connectivity index (χ0v) is 17.1. The van der Waals surface area contributed by atoms with E-state index in [-0.39, 0.29) is 13.1 Å². The van der Waals surface area contributed by atoms with Crippen molar-refractivity contribution in [2.75, 3.05) is 24.9 Å². The molecule has 0 aliphatic rings. The fourth-order valence-corrected chi connectivity index (χ4v) is 3.85. The molecule has 0 bridgehead atoms. The topological polar surface area (TPSA) is 87.5 Å². The lowest BCUT2D eigenvalue weighted by Crippen LogP contribution is -2.45. The first-order chi connectivity index (χ1) is 13.9. The third-order valence-corrected chi connectivity index (χ3v) is 6.14. The van der Waals surface area contributed by atoms with Crippen molar-refractivity contribution in [2.45, 2.75) is 6.54 Å². The molecule has 0 fully saturated rings. The van der Waals surface area contributed by atoms with Crippen molar-refractivity contribution in [3.8, 4) is 5.69 Å². The number of nitrogens with zero attached hydrogens (tertiary/aromatic N) is 4. The van der Waals surface area contributed by atoms with Gasteiger partial charge in [-0.15, -0.1) is 0 Å². The number of carbonyl (C=O) groups excluding carboxylic acids is 1. The van der Waals surface area contributed by atoms with Crippen LogP contribution in [-0.2, 0) is 21.5 Å². The van der Waals surface area contributed by atoms with E-state index in [1.54, 1.807) is 42.9 Å². The minimum atomic E-state index is -3.82. The van der Waals surface area contributed by atoms with E-state index in [4.69, 9.17) is 0 Å². The minimum Gasteiger partial charge on any atom is -0.350 e. The Balaban J connectivity index is 1.75. The van der Waals surface area contributed by atoms with E-state index in [0.717, 1.165) is 19.9 Å². The Morgan fingerprint density at radius 2 is 1.76 bits per heavy atom. The molecular formula is C20H23N5O3S. The summed E-state index contributed by atoms with van der Waals surface area (Å²) in [7, 11) is -0.950. The number of imidazole rings is 1. The maximum Gasteiger partial charge on any atom is 0.304 e. The molecular weight excluding hydrogens is 390 g/mol. The summed E-state index contributed by atoms with van der Waals surface area (Å²) in [6, 6.07) is 16.2. The summed E-state index contributed by atoms with van der Waals surface area (Å²) < 4.78 is 29.5. The van der Waals surface area contributed by atoms with E-state index in [2.05, 4.69) is 10.3 Å². The molecule has 0 aliphatic heterocycles. The molecule has 152 valence electrons. The van der Waals surface area contributed by atoms with Crippen molar-refractivity contribution in [2.24, 2.45) is 0 Å². The van der Waals surface area contributed by atoms with E-state index in [1.807, 2.05) is 35.0 Å². The fourth-order valence-electron chi connectivity index (χ4n) is 2.79. The minimum absolute atomic E-state index is 0.262. The number of carbonyl (C=O) groups is 1. The summed E-state index contributed by atoms with van der Waals surface area (Å²) in [4.78, 5) is 16.7. The van der Waals surface area contributed by atoms with Crippen LogP contribution in [-0.4, -0.2) is 48.8 Å². The molecule has 9 heteroatoms. The van der Waals surface area contributed by atoms with Gasteiger partial charge in [-0.1, -0.05) is 36.4 Å². The zero-order valence-electron chi connectivity index (χ0n) is 16.3. The van der Waals surface area contributed by atoms with Gasteiger partial charge in [0.25, 0.3) is 0 Å². The molecule has 0 saturated carbocycles. The van der Waals surface area contributed by atoms with Crippen molar-refractivity contribution in [3.63, 3.8) is 0 Å². The number of para-hydroxylation sites is 2. The average molecular weight is 414 g/mol. The monoisotopic (exact) mass is 413 g/mol. The Labute approximate surface area is 170 Å². The van der Waals surface area contributed by atoms with Crippen LogP contribution in [0.15, 0.2) is 73.3 Å². The van der Waals surface area contributed by atoms with Gasteiger partial charge in [0, 0.05) is 33.0 Å². The van der Waals surface area contributed by atoms with Gasteiger partial charge >= 0.3 is 10.2 Å². The molecule has 0 saturated heterocycles. The molecule has 0 aliphatic carbocycles. The third kappa shape index (κ3) is 4.82. The lowest BCUT2D eigenvalue weighted by molar-refractivity contribution is -0.119. The first-order valence-electron chi connectivity index (χ1n) is 8.98. The number of aromatic nitrogens is 2. The Morgan fingerprint density at radius 1 is 1.07 bits per heavy atom. The second-order valence-electron chi connectivity index (χ2n) is 6.51. The SMILES string of the molecule is CN(C)S(=O)(=O)N(CC(=O)NCc1ccccc1-n1ccnc1)c1ccccc1. The highest BCUT2D eigenvalue weighted by atomic mass is 32.2. The Hall–Kier alpha value is -3.17. The highest BCUT2D eigenvalue weighted by molar-refractivity contribution is 7.90. The summed E-state index contributed by atoms with van der Waals surface area (Å²) in [5.41, 5.74) is 2.21. The van der Waals surface area contributed by atoms with Crippen molar-refractivity contribution in [1.82, 2.24) is 19.2 Å². The number of nitrogens with one attached hydrogen (secondary N) is 1. The smallest absolute Gasteiger partial charge is 0.304 e. The van der Waals surface area contributed by atoms with Crippen LogP contribution in [0.2, 0.25) is 0 Å². The molecule has 29 heavy (non-hydrogen) atoms. The molecule has 3 rings (SSSR count). The summed E-state index contributed by atoms with van der Waals surface area (Å²) >= 11 is 0. The van der Waals surface area contributed by atoms with Crippen LogP contribution >= 0.6 is 0 Å². The van der Waals surface area contributed by atoms with Crippen LogP contribution < -0.4 is 9.62 Å². The van der Waals surface area contributed by atoms with Crippen molar-refractivity contribution in [3.05, 3.63) is 78.9 Å². The van der Waals surface area contributed by atoms with Crippen molar-refractivity contribution < 1.29 is 13.2 Å². The van der Waals surface area contributed by atoms with Crippen LogP contribution in [0.5, 0.6) is 0 Å². The Kier molecular flexibility index (Phi) is 6.30.